The molecule has 0 aliphatic carbocycles. The molecule has 1 unspecified atom stereocenters. The SMILES string of the molecule is CCC(C(=O)O)(C(C(=O)O)C(=O)O)P(=O)(O)O.O=[PH](O)O. The van der Waals surface area contributed by atoms with Crippen LogP contribution in [0.15, 0.2) is 0 Å². The third-order valence-electron chi connectivity index (χ3n) is 2.40. The highest BCUT2D eigenvalue weighted by atomic mass is 31.2. The molecule has 14 heteroatoms. The van der Waals surface area contributed by atoms with Crippen molar-refractivity contribution in [3.63, 3.8) is 0 Å². The van der Waals surface area contributed by atoms with Gasteiger partial charge in [0.15, 0.2) is 11.1 Å². The first-order chi connectivity index (χ1) is 9.25. The van der Waals surface area contributed by atoms with E-state index in [2.05, 4.69) is 0 Å². The number of aliphatic carboxylic acids is 3. The molecule has 0 aromatic rings. The largest absolute Gasteiger partial charge is 0.481 e. The monoisotopic (exact) mass is 352 g/mol. The third-order valence-corrected chi connectivity index (χ3v) is 4.21. The maximum absolute atomic E-state index is 11.2. The molecular weight excluding hydrogens is 338 g/mol. The molecule has 0 saturated carbocycles. The van der Waals surface area contributed by atoms with Crippen molar-refractivity contribution in [1.29, 1.82) is 0 Å². The van der Waals surface area contributed by atoms with Gasteiger partial charge in [0.2, 0.25) is 0 Å². The van der Waals surface area contributed by atoms with E-state index in [1.54, 1.807) is 0 Å². The fraction of sp³-hybridized carbons (Fsp3) is 0.571. The van der Waals surface area contributed by atoms with Gasteiger partial charge in [0, 0.05) is 0 Å². The van der Waals surface area contributed by atoms with Crippen LogP contribution in [0.5, 0.6) is 0 Å². The highest BCUT2D eigenvalue weighted by Crippen LogP contribution is 2.56. The van der Waals surface area contributed by atoms with E-state index in [9.17, 15) is 18.9 Å². The lowest BCUT2D eigenvalue weighted by atomic mass is 9.89. The summed E-state index contributed by atoms with van der Waals surface area (Å²) in [6.07, 6.45) is -0.837. The number of carbonyl (C=O) groups is 3. The Kier molecular flexibility index (Phi) is 8.62. The molecule has 0 saturated heterocycles. The summed E-state index contributed by atoms with van der Waals surface area (Å²) in [6.45, 7) is 0.992. The van der Waals surface area contributed by atoms with Crippen LogP contribution < -0.4 is 0 Å². The van der Waals surface area contributed by atoms with Gasteiger partial charge in [-0.05, 0) is 6.42 Å². The molecule has 0 aromatic carbocycles. The Morgan fingerprint density at radius 1 is 1.10 bits per heavy atom. The second-order valence-corrected chi connectivity index (χ2v) is 5.97. The van der Waals surface area contributed by atoms with Crippen LogP contribution in [0, 0.1) is 5.92 Å². The molecule has 12 nitrogen and oxygen atoms in total. The summed E-state index contributed by atoms with van der Waals surface area (Å²) in [5.41, 5.74) is 0. The predicted molar refractivity (Wildman–Crippen MR) is 64.9 cm³/mol. The van der Waals surface area contributed by atoms with Crippen LogP contribution in [0.25, 0.3) is 0 Å². The van der Waals surface area contributed by atoms with E-state index < -0.39 is 51.3 Å². The van der Waals surface area contributed by atoms with Crippen molar-refractivity contribution in [2.45, 2.75) is 18.5 Å². The summed E-state index contributed by atoms with van der Waals surface area (Å²) < 4.78 is 19.9. The van der Waals surface area contributed by atoms with E-state index in [0.29, 0.717) is 0 Å². The minimum absolute atomic E-state index is 0.837. The molecule has 21 heavy (non-hydrogen) atoms. The molecule has 0 heterocycles. The van der Waals surface area contributed by atoms with Crippen molar-refractivity contribution < 1.29 is 58.4 Å². The smallest absolute Gasteiger partial charge is 0.344 e. The van der Waals surface area contributed by atoms with E-state index in [1.165, 1.54) is 0 Å². The zero-order valence-corrected chi connectivity index (χ0v) is 12.3. The summed E-state index contributed by atoms with van der Waals surface area (Å²) in [5.74, 6) is -9.14. The Morgan fingerprint density at radius 2 is 1.38 bits per heavy atom. The van der Waals surface area contributed by atoms with Crippen LogP contribution in [0.2, 0.25) is 0 Å². The van der Waals surface area contributed by atoms with Crippen LogP contribution in [-0.4, -0.2) is 58.0 Å². The number of rotatable bonds is 6. The molecule has 0 spiro atoms. The van der Waals surface area contributed by atoms with E-state index in [0.717, 1.165) is 6.92 Å². The molecule has 7 N–H and O–H groups in total. The standard InChI is InChI=1S/C7H11O9P.H3O3P/c1-2-7(6(12)13,17(14,15)16)3(4(8)9)5(10)11;1-4(2)3/h3H,2H2,1H3,(H,8,9)(H,10,11)(H,12,13)(H2,14,15,16);4H,(H2,1,2,3). The van der Waals surface area contributed by atoms with Crippen molar-refractivity contribution in [3.05, 3.63) is 0 Å². The summed E-state index contributed by atoms with van der Waals surface area (Å²) in [4.78, 5) is 64.6. The van der Waals surface area contributed by atoms with Crippen molar-refractivity contribution in [2.24, 2.45) is 5.92 Å². The van der Waals surface area contributed by atoms with Crippen molar-refractivity contribution in [1.82, 2.24) is 0 Å². The van der Waals surface area contributed by atoms with Crippen LogP contribution in [0.3, 0.4) is 0 Å². The maximum atomic E-state index is 11.2. The van der Waals surface area contributed by atoms with Gasteiger partial charge in [0.1, 0.15) is 0 Å². The second kappa shape index (κ2) is 8.23. The number of carboxylic acids is 3. The van der Waals surface area contributed by atoms with Gasteiger partial charge in [-0.25, -0.2) is 0 Å². The fourth-order valence-electron chi connectivity index (χ4n) is 1.49. The van der Waals surface area contributed by atoms with Crippen molar-refractivity contribution >= 4 is 33.8 Å². The average molecular weight is 352 g/mol. The fourth-order valence-corrected chi connectivity index (χ4v) is 2.71. The Labute approximate surface area is 117 Å². The van der Waals surface area contributed by atoms with Gasteiger partial charge in [0.05, 0.1) is 0 Å². The normalized spacial score (nSPS) is 14.0. The zero-order chi connectivity index (χ0) is 17.6. The Hall–Kier alpha value is -1.29. The average Bonchev–Trinajstić information content (AvgIpc) is 2.20. The summed E-state index contributed by atoms with van der Waals surface area (Å²) in [7, 11) is -8.62. The Balaban J connectivity index is 0. The van der Waals surface area contributed by atoms with Gasteiger partial charge in [-0.3, -0.25) is 23.5 Å². The van der Waals surface area contributed by atoms with Gasteiger partial charge in [-0.2, -0.15) is 0 Å². The number of hydrogen-bond donors (Lipinski definition) is 7. The molecule has 0 bridgehead atoms. The molecule has 124 valence electrons. The van der Waals surface area contributed by atoms with Gasteiger partial charge in [-0.15, -0.1) is 0 Å². The molecule has 0 rings (SSSR count). The van der Waals surface area contributed by atoms with Crippen LogP contribution in [-0.2, 0) is 23.5 Å². The molecule has 0 fully saturated rings. The first-order valence-electron chi connectivity index (χ1n) is 4.92. The van der Waals surface area contributed by atoms with E-state index in [-0.39, 0.29) is 0 Å². The Bertz CT molecular complexity index is 462. The quantitative estimate of drug-likeness (QED) is 0.215. The van der Waals surface area contributed by atoms with Gasteiger partial charge < -0.3 is 34.9 Å². The second-order valence-electron chi connectivity index (χ2n) is 3.52. The molecular formula is C7H14O12P2. The molecule has 0 radical (unpaired) electrons. The van der Waals surface area contributed by atoms with Crippen LogP contribution in [0.1, 0.15) is 13.3 Å². The first-order valence-corrected chi connectivity index (χ1v) is 7.83. The highest BCUT2D eigenvalue weighted by molar-refractivity contribution is 7.55. The molecule has 0 aromatic heterocycles. The predicted octanol–water partition coefficient (Wildman–Crippen LogP) is -1.46. The molecule has 0 aliphatic heterocycles. The number of carboxylic acid groups (broad SMARTS) is 3. The summed E-state index contributed by atoms with van der Waals surface area (Å²) >= 11 is 0. The minimum atomic E-state index is -5.49. The van der Waals surface area contributed by atoms with Crippen LogP contribution in [0.4, 0.5) is 0 Å². The van der Waals surface area contributed by atoms with E-state index in [4.69, 9.17) is 39.5 Å². The summed E-state index contributed by atoms with van der Waals surface area (Å²) in [5, 5.41) is 22.9. The van der Waals surface area contributed by atoms with Crippen molar-refractivity contribution in [3.8, 4) is 0 Å². The molecule has 0 aliphatic rings. The van der Waals surface area contributed by atoms with Crippen molar-refractivity contribution in [2.75, 3.05) is 0 Å². The first kappa shape index (κ1) is 22.0. The minimum Gasteiger partial charge on any atom is -0.481 e. The molecule has 0 amide bonds. The maximum Gasteiger partial charge on any atom is 0.344 e. The topological polar surface area (TPSA) is 227 Å². The third kappa shape index (κ3) is 5.54. The zero-order valence-electron chi connectivity index (χ0n) is 10.4. The lowest BCUT2D eigenvalue weighted by Crippen LogP contribution is -2.52. The highest BCUT2D eigenvalue weighted by Gasteiger charge is 2.63. The lowest BCUT2D eigenvalue weighted by Gasteiger charge is -2.31. The Morgan fingerprint density at radius 3 is 1.43 bits per heavy atom. The van der Waals surface area contributed by atoms with Gasteiger partial charge in [-0.1, -0.05) is 6.92 Å². The van der Waals surface area contributed by atoms with Gasteiger partial charge in [0.25, 0.3) is 0 Å². The summed E-state index contributed by atoms with van der Waals surface area (Å²) in [6, 6.07) is 0. The lowest BCUT2D eigenvalue weighted by molar-refractivity contribution is -0.163. The van der Waals surface area contributed by atoms with Gasteiger partial charge >= 0.3 is 33.8 Å². The van der Waals surface area contributed by atoms with E-state index >= 15 is 0 Å². The van der Waals surface area contributed by atoms with Crippen LogP contribution >= 0.6 is 15.9 Å². The molecule has 1 atom stereocenters. The number of hydrogen-bond acceptors (Lipinski definition) is 5. The van der Waals surface area contributed by atoms with E-state index in [1.807, 2.05) is 0 Å².